The first-order valence-corrected chi connectivity index (χ1v) is 8.12. The van der Waals surface area contributed by atoms with E-state index < -0.39 is 0 Å². The second-order valence-electron chi connectivity index (χ2n) is 5.80. The van der Waals surface area contributed by atoms with Crippen LogP contribution in [-0.4, -0.2) is 24.7 Å². The van der Waals surface area contributed by atoms with Crippen LogP contribution in [0.15, 0.2) is 65.2 Å². The molecule has 0 bridgehead atoms. The molecular formula is C20H20N2O3. The van der Waals surface area contributed by atoms with Crippen molar-refractivity contribution < 1.29 is 14.1 Å². The Bertz CT molecular complexity index is 843. The molecule has 2 aromatic carbocycles. The van der Waals surface area contributed by atoms with Gasteiger partial charge < -0.3 is 14.6 Å². The van der Waals surface area contributed by atoms with Gasteiger partial charge in [0.2, 0.25) is 0 Å². The molecule has 0 aliphatic rings. The topological polar surface area (TPSA) is 64.4 Å². The van der Waals surface area contributed by atoms with Gasteiger partial charge in [0.25, 0.3) is 5.91 Å². The van der Waals surface area contributed by atoms with E-state index in [4.69, 9.17) is 9.26 Å². The summed E-state index contributed by atoms with van der Waals surface area (Å²) >= 11 is 0. The van der Waals surface area contributed by atoms with Gasteiger partial charge in [0.15, 0.2) is 11.5 Å². The molecule has 25 heavy (non-hydrogen) atoms. The Morgan fingerprint density at radius 2 is 1.88 bits per heavy atom. The molecule has 5 nitrogen and oxygen atoms in total. The first-order valence-electron chi connectivity index (χ1n) is 8.12. The molecule has 5 heteroatoms. The Labute approximate surface area is 146 Å². The van der Waals surface area contributed by atoms with Crippen molar-refractivity contribution in [3.05, 3.63) is 71.9 Å². The van der Waals surface area contributed by atoms with Gasteiger partial charge in [-0.2, -0.15) is 0 Å². The van der Waals surface area contributed by atoms with Gasteiger partial charge in [-0.25, -0.2) is 0 Å². The average Bonchev–Trinajstić information content (AvgIpc) is 3.16. The van der Waals surface area contributed by atoms with Crippen molar-refractivity contribution in [1.82, 2.24) is 10.5 Å². The zero-order valence-electron chi connectivity index (χ0n) is 14.2. The summed E-state index contributed by atoms with van der Waals surface area (Å²) < 4.78 is 10.6. The van der Waals surface area contributed by atoms with Gasteiger partial charge in [-0.15, -0.1) is 0 Å². The molecule has 3 aromatic rings. The molecule has 0 aliphatic carbocycles. The minimum atomic E-state index is -0.257. The van der Waals surface area contributed by atoms with E-state index >= 15 is 0 Å². The molecule has 1 heterocycles. The van der Waals surface area contributed by atoms with Gasteiger partial charge in [0, 0.05) is 12.6 Å². The van der Waals surface area contributed by atoms with Crippen LogP contribution in [0, 0.1) is 0 Å². The zero-order valence-corrected chi connectivity index (χ0v) is 14.2. The smallest absolute Gasteiger partial charge is 0.273 e. The molecule has 0 aliphatic heterocycles. The molecule has 1 aromatic heterocycles. The number of hydrogen-bond acceptors (Lipinski definition) is 4. The normalized spacial score (nSPS) is 11.8. The van der Waals surface area contributed by atoms with Crippen molar-refractivity contribution in [2.24, 2.45) is 0 Å². The van der Waals surface area contributed by atoms with Gasteiger partial charge in [-0.3, -0.25) is 4.79 Å². The molecule has 3 rings (SSSR count). The van der Waals surface area contributed by atoms with Gasteiger partial charge >= 0.3 is 0 Å². The summed E-state index contributed by atoms with van der Waals surface area (Å²) in [5, 5.41) is 6.77. The van der Waals surface area contributed by atoms with Crippen LogP contribution >= 0.6 is 0 Å². The molecular weight excluding hydrogens is 316 g/mol. The summed E-state index contributed by atoms with van der Waals surface area (Å²) in [6.45, 7) is 2.60. The number of nitrogens with zero attached hydrogens (tertiary/aromatic N) is 1. The number of carbonyl (C=O) groups excluding carboxylic acids is 1. The third kappa shape index (κ3) is 3.88. The number of amides is 1. The van der Waals surface area contributed by atoms with Crippen LogP contribution in [0.3, 0.4) is 0 Å². The molecule has 0 spiro atoms. The summed E-state index contributed by atoms with van der Waals surface area (Å²) in [5.74, 6) is 1.13. The summed E-state index contributed by atoms with van der Waals surface area (Å²) in [6.07, 6.45) is 0. The number of nitrogens with one attached hydrogen (secondary N) is 1. The highest BCUT2D eigenvalue weighted by molar-refractivity contribution is 5.93. The van der Waals surface area contributed by atoms with E-state index in [-0.39, 0.29) is 17.5 Å². The summed E-state index contributed by atoms with van der Waals surface area (Å²) in [6, 6.07) is 19.1. The Balaban J connectivity index is 1.67. The second kappa shape index (κ2) is 7.66. The molecule has 0 unspecified atom stereocenters. The largest absolute Gasteiger partial charge is 0.496 e. The predicted octanol–water partition coefficient (Wildman–Crippen LogP) is 3.88. The third-order valence-corrected chi connectivity index (χ3v) is 4.05. The quantitative estimate of drug-likeness (QED) is 0.742. The molecule has 1 amide bonds. The first kappa shape index (κ1) is 16.8. The minimum Gasteiger partial charge on any atom is -0.496 e. The van der Waals surface area contributed by atoms with Crippen LogP contribution in [0.1, 0.15) is 28.9 Å². The number of hydrogen-bond donors (Lipinski definition) is 1. The molecule has 0 fully saturated rings. The van der Waals surface area contributed by atoms with E-state index in [2.05, 4.69) is 17.4 Å². The highest BCUT2D eigenvalue weighted by Crippen LogP contribution is 2.29. The van der Waals surface area contributed by atoms with Crippen molar-refractivity contribution in [1.29, 1.82) is 0 Å². The Kier molecular flexibility index (Phi) is 5.14. The van der Waals surface area contributed by atoms with Crippen LogP contribution < -0.4 is 10.1 Å². The van der Waals surface area contributed by atoms with Crippen LogP contribution in [0.2, 0.25) is 0 Å². The predicted molar refractivity (Wildman–Crippen MR) is 95.7 cm³/mol. The van der Waals surface area contributed by atoms with Gasteiger partial charge in [0.1, 0.15) is 5.75 Å². The molecule has 128 valence electrons. The van der Waals surface area contributed by atoms with Gasteiger partial charge in [0.05, 0.1) is 12.7 Å². The van der Waals surface area contributed by atoms with E-state index in [0.717, 1.165) is 5.56 Å². The lowest BCUT2D eigenvalue weighted by atomic mass is 10.0. The monoisotopic (exact) mass is 336 g/mol. The number of methoxy groups -OCH3 is 1. The molecule has 0 saturated heterocycles. The van der Waals surface area contributed by atoms with Gasteiger partial charge in [-0.05, 0) is 23.6 Å². The lowest BCUT2D eigenvalue weighted by Crippen LogP contribution is -2.27. The van der Waals surface area contributed by atoms with Crippen LogP contribution in [0.5, 0.6) is 5.75 Å². The maximum absolute atomic E-state index is 12.3. The van der Waals surface area contributed by atoms with Gasteiger partial charge in [-0.1, -0.05) is 54.5 Å². The summed E-state index contributed by atoms with van der Waals surface area (Å²) in [7, 11) is 1.59. The number of ether oxygens (including phenoxy) is 1. The third-order valence-electron chi connectivity index (χ3n) is 4.05. The van der Waals surface area contributed by atoms with E-state index in [0.29, 0.717) is 18.1 Å². The minimum absolute atomic E-state index is 0.214. The van der Waals surface area contributed by atoms with E-state index in [1.165, 1.54) is 5.56 Å². The highest BCUT2D eigenvalue weighted by Gasteiger charge is 2.16. The maximum atomic E-state index is 12.3. The molecule has 0 saturated carbocycles. The first-order chi connectivity index (χ1) is 12.2. The Morgan fingerprint density at radius 1 is 1.16 bits per heavy atom. The number of aromatic nitrogens is 1. The SMILES string of the molecule is COc1ccccc1-c1cc(C(=O)NC[C@H](C)c2ccccc2)no1. The van der Waals surface area contributed by atoms with E-state index in [9.17, 15) is 4.79 Å². The summed E-state index contributed by atoms with van der Waals surface area (Å²) in [5.41, 5.74) is 2.19. The fourth-order valence-corrected chi connectivity index (χ4v) is 2.59. The molecule has 1 N–H and O–H groups in total. The molecule has 0 radical (unpaired) electrons. The zero-order chi connectivity index (χ0) is 17.6. The fraction of sp³-hybridized carbons (Fsp3) is 0.200. The number of carbonyl (C=O) groups is 1. The highest BCUT2D eigenvalue weighted by atomic mass is 16.5. The number of rotatable bonds is 6. The molecule has 1 atom stereocenters. The number of para-hydroxylation sites is 1. The van der Waals surface area contributed by atoms with Crippen molar-refractivity contribution in [2.75, 3.05) is 13.7 Å². The van der Waals surface area contributed by atoms with E-state index in [1.807, 2.05) is 54.6 Å². The maximum Gasteiger partial charge on any atom is 0.273 e. The average molecular weight is 336 g/mol. The second-order valence-corrected chi connectivity index (χ2v) is 5.80. The number of benzene rings is 2. The van der Waals surface area contributed by atoms with Crippen molar-refractivity contribution in [3.8, 4) is 17.1 Å². The lowest BCUT2D eigenvalue weighted by molar-refractivity contribution is 0.0942. The van der Waals surface area contributed by atoms with Crippen molar-refractivity contribution in [3.63, 3.8) is 0 Å². The summed E-state index contributed by atoms with van der Waals surface area (Å²) in [4.78, 5) is 12.3. The van der Waals surface area contributed by atoms with Crippen molar-refractivity contribution >= 4 is 5.91 Å². The Hall–Kier alpha value is -3.08. The van der Waals surface area contributed by atoms with Crippen LogP contribution in [-0.2, 0) is 0 Å². The van der Waals surface area contributed by atoms with Crippen LogP contribution in [0.25, 0.3) is 11.3 Å². The lowest BCUT2D eigenvalue weighted by Gasteiger charge is -2.12. The Morgan fingerprint density at radius 3 is 2.64 bits per heavy atom. The van der Waals surface area contributed by atoms with Crippen LogP contribution in [0.4, 0.5) is 0 Å². The van der Waals surface area contributed by atoms with Crippen molar-refractivity contribution in [2.45, 2.75) is 12.8 Å². The standard InChI is InChI=1S/C20H20N2O3/c1-14(15-8-4-3-5-9-15)13-21-20(23)17-12-19(25-22-17)16-10-6-7-11-18(16)24-2/h3-12,14H,13H2,1-2H3,(H,21,23)/t14-/m0/s1. The fourth-order valence-electron chi connectivity index (χ4n) is 2.59. The van der Waals surface area contributed by atoms with E-state index in [1.54, 1.807) is 13.2 Å².